The van der Waals surface area contributed by atoms with Gasteiger partial charge in [-0.2, -0.15) is 13.2 Å². The van der Waals surface area contributed by atoms with Crippen molar-refractivity contribution in [2.75, 3.05) is 5.32 Å². The molecule has 1 amide bonds. The van der Waals surface area contributed by atoms with Gasteiger partial charge in [0, 0.05) is 9.26 Å². The molecule has 80 valence electrons. The number of benzene rings is 1. The van der Waals surface area contributed by atoms with Crippen molar-refractivity contribution >= 4 is 34.2 Å². The first-order chi connectivity index (χ1) is 6.88. The van der Waals surface area contributed by atoms with Crippen LogP contribution in [0.5, 0.6) is 0 Å². The molecule has 1 aliphatic heterocycles. The summed E-state index contributed by atoms with van der Waals surface area (Å²) in [5.74, 6) is -0.262. The minimum absolute atomic E-state index is 0.158. The Balaban J connectivity index is 2.54. The van der Waals surface area contributed by atoms with Gasteiger partial charge in [-0.05, 0) is 40.3 Å². The van der Waals surface area contributed by atoms with Crippen molar-refractivity contribution in [3.8, 4) is 0 Å². The number of hydrogen-bond donors (Lipinski definition) is 1. The van der Waals surface area contributed by atoms with E-state index in [1.165, 1.54) is 0 Å². The molecule has 1 aromatic carbocycles. The number of amides is 1. The Morgan fingerprint density at radius 2 is 2.00 bits per heavy atom. The van der Waals surface area contributed by atoms with Crippen LogP contribution in [-0.2, 0) is 17.4 Å². The Labute approximate surface area is 97.0 Å². The van der Waals surface area contributed by atoms with Gasteiger partial charge in [-0.15, -0.1) is 0 Å². The summed E-state index contributed by atoms with van der Waals surface area (Å²) in [7, 11) is 0. The summed E-state index contributed by atoms with van der Waals surface area (Å²) in [5.41, 5.74) is 0.195. The fourth-order valence-corrected chi connectivity index (χ4v) is 2.26. The average Bonchev–Trinajstić information content (AvgIpc) is 2.44. The number of alkyl halides is 3. The Bertz CT molecular complexity index is 442. The Hall–Kier alpha value is -0.790. The zero-order valence-electron chi connectivity index (χ0n) is 7.28. The zero-order valence-corrected chi connectivity index (χ0v) is 9.44. The predicted molar refractivity (Wildman–Crippen MR) is 56.5 cm³/mol. The normalized spacial score (nSPS) is 15.1. The summed E-state index contributed by atoms with van der Waals surface area (Å²) in [5, 5.41) is 2.41. The molecule has 0 aromatic heterocycles. The van der Waals surface area contributed by atoms with E-state index in [1.807, 2.05) is 22.6 Å². The molecule has 0 aliphatic carbocycles. The molecule has 0 unspecified atom stereocenters. The summed E-state index contributed by atoms with van der Waals surface area (Å²) in [4.78, 5) is 11.0. The molecule has 1 aliphatic rings. The van der Waals surface area contributed by atoms with Crippen LogP contribution in [0.4, 0.5) is 18.9 Å². The van der Waals surface area contributed by atoms with Crippen LogP contribution < -0.4 is 5.32 Å². The number of rotatable bonds is 0. The highest BCUT2D eigenvalue weighted by atomic mass is 127. The topological polar surface area (TPSA) is 29.1 Å². The highest BCUT2D eigenvalue weighted by molar-refractivity contribution is 14.1. The van der Waals surface area contributed by atoms with Crippen molar-refractivity contribution in [1.29, 1.82) is 0 Å². The molecular weight excluding hydrogens is 322 g/mol. The van der Waals surface area contributed by atoms with E-state index < -0.39 is 11.7 Å². The molecule has 1 aromatic rings. The largest absolute Gasteiger partial charge is 0.416 e. The van der Waals surface area contributed by atoms with Gasteiger partial charge >= 0.3 is 6.18 Å². The molecule has 1 N–H and O–H groups in total. The summed E-state index contributed by atoms with van der Waals surface area (Å²) in [6.07, 6.45) is -4.21. The van der Waals surface area contributed by atoms with Crippen molar-refractivity contribution in [2.45, 2.75) is 12.6 Å². The second kappa shape index (κ2) is 3.36. The lowest BCUT2D eigenvalue weighted by Crippen LogP contribution is -2.06. The van der Waals surface area contributed by atoms with Crippen LogP contribution in [0.3, 0.4) is 0 Å². The monoisotopic (exact) mass is 327 g/mol. The SMILES string of the molecule is O=C1Cc2c(I)cc(C(F)(F)F)cc2N1. The van der Waals surface area contributed by atoms with Crippen LogP contribution >= 0.6 is 22.6 Å². The summed E-state index contributed by atoms with van der Waals surface area (Å²) < 4.78 is 37.7. The van der Waals surface area contributed by atoms with Gasteiger partial charge in [-0.3, -0.25) is 4.79 Å². The second-order valence-corrected chi connectivity index (χ2v) is 4.37. The fourth-order valence-electron chi connectivity index (χ4n) is 1.45. The lowest BCUT2D eigenvalue weighted by molar-refractivity contribution is -0.137. The van der Waals surface area contributed by atoms with E-state index in [2.05, 4.69) is 5.32 Å². The number of nitrogens with one attached hydrogen (secondary N) is 1. The first-order valence-electron chi connectivity index (χ1n) is 4.07. The first-order valence-corrected chi connectivity index (χ1v) is 5.15. The van der Waals surface area contributed by atoms with Crippen LogP contribution in [0.2, 0.25) is 0 Å². The summed E-state index contributed by atoms with van der Waals surface area (Å²) in [6, 6.07) is 2.03. The standard InChI is InChI=1S/C9H5F3INO/c10-9(11,12)4-1-6(13)5-3-8(15)14-7(5)2-4/h1-2H,3H2,(H,14,15). The quantitative estimate of drug-likeness (QED) is 0.730. The highest BCUT2D eigenvalue weighted by Crippen LogP contribution is 2.36. The van der Waals surface area contributed by atoms with Crippen molar-refractivity contribution in [3.05, 3.63) is 26.8 Å². The van der Waals surface area contributed by atoms with E-state index in [-0.39, 0.29) is 18.0 Å². The fraction of sp³-hybridized carbons (Fsp3) is 0.222. The third kappa shape index (κ3) is 1.95. The first kappa shape index (κ1) is 10.7. The van der Waals surface area contributed by atoms with E-state index in [0.717, 1.165) is 12.1 Å². The molecule has 2 rings (SSSR count). The number of fused-ring (bicyclic) bond motifs is 1. The van der Waals surface area contributed by atoms with Gasteiger partial charge in [0.25, 0.3) is 0 Å². The zero-order chi connectivity index (χ0) is 11.2. The number of carbonyl (C=O) groups is 1. The van der Waals surface area contributed by atoms with E-state index >= 15 is 0 Å². The average molecular weight is 327 g/mol. The van der Waals surface area contributed by atoms with Gasteiger partial charge in [0.05, 0.1) is 12.0 Å². The predicted octanol–water partition coefficient (Wildman–Crippen LogP) is 2.80. The van der Waals surface area contributed by atoms with Crippen LogP contribution in [0, 0.1) is 3.57 Å². The molecular formula is C9H5F3INO. The van der Waals surface area contributed by atoms with E-state index in [9.17, 15) is 18.0 Å². The van der Waals surface area contributed by atoms with Gasteiger partial charge in [0.2, 0.25) is 5.91 Å². The van der Waals surface area contributed by atoms with Crippen molar-refractivity contribution in [2.24, 2.45) is 0 Å². The molecule has 6 heteroatoms. The van der Waals surface area contributed by atoms with Gasteiger partial charge < -0.3 is 5.32 Å². The van der Waals surface area contributed by atoms with Crippen LogP contribution in [0.25, 0.3) is 0 Å². The van der Waals surface area contributed by atoms with Crippen LogP contribution in [0.15, 0.2) is 12.1 Å². The molecule has 15 heavy (non-hydrogen) atoms. The summed E-state index contributed by atoms with van der Waals surface area (Å²) >= 11 is 1.81. The maximum atomic E-state index is 12.4. The molecule has 0 radical (unpaired) electrons. The molecule has 2 nitrogen and oxygen atoms in total. The van der Waals surface area contributed by atoms with E-state index in [4.69, 9.17) is 0 Å². The maximum absolute atomic E-state index is 12.4. The number of anilines is 1. The van der Waals surface area contributed by atoms with Crippen LogP contribution in [0.1, 0.15) is 11.1 Å². The van der Waals surface area contributed by atoms with Crippen molar-refractivity contribution in [3.63, 3.8) is 0 Å². The third-order valence-electron chi connectivity index (χ3n) is 2.13. The number of carbonyl (C=O) groups excluding carboxylic acids is 1. The lowest BCUT2D eigenvalue weighted by Gasteiger charge is -2.09. The molecule has 0 saturated heterocycles. The molecule has 0 spiro atoms. The molecule has 0 fully saturated rings. The lowest BCUT2D eigenvalue weighted by atomic mass is 10.1. The minimum atomic E-state index is -4.37. The van der Waals surface area contributed by atoms with Crippen LogP contribution in [-0.4, -0.2) is 5.91 Å². The third-order valence-corrected chi connectivity index (χ3v) is 3.10. The van der Waals surface area contributed by atoms with E-state index in [1.54, 1.807) is 0 Å². The second-order valence-electron chi connectivity index (χ2n) is 3.21. The molecule has 0 atom stereocenters. The Kier molecular flexibility index (Phi) is 2.40. The van der Waals surface area contributed by atoms with Crippen molar-refractivity contribution < 1.29 is 18.0 Å². The Morgan fingerprint density at radius 3 is 2.60 bits per heavy atom. The van der Waals surface area contributed by atoms with Gasteiger partial charge in [-0.25, -0.2) is 0 Å². The number of halogens is 4. The van der Waals surface area contributed by atoms with Gasteiger partial charge in [-0.1, -0.05) is 0 Å². The van der Waals surface area contributed by atoms with Crippen molar-refractivity contribution in [1.82, 2.24) is 0 Å². The maximum Gasteiger partial charge on any atom is 0.416 e. The minimum Gasteiger partial charge on any atom is -0.325 e. The smallest absolute Gasteiger partial charge is 0.325 e. The van der Waals surface area contributed by atoms with Gasteiger partial charge in [0.15, 0.2) is 0 Å². The summed E-state index contributed by atoms with van der Waals surface area (Å²) in [6.45, 7) is 0. The Morgan fingerprint density at radius 1 is 1.33 bits per heavy atom. The molecule has 0 saturated carbocycles. The molecule has 1 heterocycles. The molecule has 0 bridgehead atoms. The van der Waals surface area contributed by atoms with E-state index in [0.29, 0.717) is 9.13 Å². The highest BCUT2D eigenvalue weighted by Gasteiger charge is 2.33. The van der Waals surface area contributed by atoms with Gasteiger partial charge in [0.1, 0.15) is 0 Å². The number of hydrogen-bond acceptors (Lipinski definition) is 1.